The van der Waals surface area contributed by atoms with E-state index in [2.05, 4.69) is 51.1 Å². The zero-order valence-electron chi connectivity index (χ0n) is 11.1. The van der Waals surface area contributed by atoms with Gasteiger partial charge in [0.25, 0.3) is 0 Å². The number of hydrogen-bond acceptors (Lipinski definition) is 3. The van der Waals surface area contributed by atoms with Crippen LogP contribution < -0.4 is 5.73 Å². The Kier molecular flexibility index (Phi) is 4.53. The van der Waals surface area contributed by atoms with E-state index in [4.69, 9.17) is 5.73 Å². The standard InChI is InChI=1S/C13H24N2S/c1-10-6-7-16-12(10)11(2)15(5)9-13(3,4)8-14/h6-7,11H,8-9,14H2,1-5H3. The molecule has 16 heavy (non-hydrogen) atoms. The molecule has 0 saturated heterocycles. The van der Waals surface area contributed by atoms with E-state index >= 15 is 0 Å². The van der Waals surface area contributed by atoms with Crippen molar-refractivity contribution in [2.45, 2.75) is 33.7 Å². The van der Waals surface area contributed by atoms with Gasteiger partial charge in [-0.25, -0.2) is 0 Å². The SMILES string of the molecule is Cc1ccsc1C(C)N(C)CC(C)(C)CN. The maximum Gasteiger partial charge on any atom is 0.0413 e. The van der Waals surface area contributed by atoms with Crippen molar-refractivity contribution in [2.75, 3.05) is 20.1 Å². The van der Waals surface area contributed by atoms with Crippen LogP contribution in [0.1, 0.15) is 37.3 Å². The molecule has 0 radical (unpaired) electrons. The molecule has 0 bridgehead atoms. The third-order valence-corrected chi connectivity index (χ3v) is 4.36. The van der Waals surface area contributed by atoms with E-state index in [1.807, 2.05) is 11.3 Å². The highest BCUT2D eigenvalue weighted by atomic mass is 32.1. The first-order chi connectivity index (χ1) is 7.37. The summed E-state index contributed by atoms with van der Waals surface area (Å²) >= 11 is 1.85. The minimum absolute atomic E-state index is 0.189. The van der Waals surface area contributed by atoms with Crippen molar-refractivity contribution in [1.82, 2.24) is 4.90 Å². The van der Waals surface area contributed by atoms with Crippen LogP contribution in [0.5, 0.6) is 0 Å². The van der Waals surface area contributed by atoms with Crippen molar-refractivity contribution >= 4 is 11.3 Å². The first-order valence-corrected chi connectivity index (χ1v) is 6.69. The summed E-state index contributed by atoms with van der Waals surface area (Å²) in [6.07, 6.45) is 0. The molecule has 1 rings (SSSR count). The van der Waals surface area contributed by atoms with Gasteiger partial charge in [-0.3, -0.25) is 4.90 Å². The summed E-state index contributed by atoms with van der Waals surface area (Å²) in [5.41, 5.74) is 7.37. The van der Waals surface area contributed by atoms with E-state index in [0.29, 0.717) is 6.04 Å². The van der Waals surface area contributed by atoms with E-state index in [9.17, 15) is 0 Å². The van der Waals surface area contributed by atoms with Crippen molar-refractivity contribution < 1.29 is 0 Å². The number of aryl methyl sites for hydroxylation is 1. The number of rotatable bonds is 5. The zero-order chi connectivity index (χ0) is 12.3. The van der Waals surface area contributed by atoms with Crippen LogP contribution in [0.2, 0.25) is 0 Å². The lowest BCUT2D eigenvalue weighted by Gasteiger charge is -2.33. The lowest BCUT2D eigenvalue weighted by Crippen LogP contribution is -2.37. The van der Waals surface area contributed by atoms with Crippen LogP contribution in [0.15, 0.2) is 11.4 Å². The molecule has 1 atom stereocenters. The molecule has 0 spiro atoms. The monoisotopic (exact) mass is 240 g/mol. The van der Waals surface area contributed by atoms with Crippen molar-refractivity contribution in [2.24, 2.45) is 11.1 Å². The average molecular weight is 240 g/mol. The predicted molar refractivity (Wildman–Crippen MR) is 72.9 cm³/mol. The maximum atomic E-state index is 5.78. The van der Waals surface area contributed by atoms with E-state index in [0.717, 1.165) is 13.1 Å². The molecule has 0 saturated carbocycles. The van der Waals surface area contributed by atoms with Crippen LogP contribution in [0.4, 0.5) is 0 Å². The second kappa shape index (κ2) is 5.30. The van der Waals surface area contributed by atoms with Crippen LogP contribution in [0, 0.1) is 12.3 Å². The van der Waals surface area contributed by atoms with Gasteiger partial charge in [0.1, 0.15) is 0 Å². The minimum atomic E-state index is 0.189. The Morgan fingerprint density at radius 3 is 2.56 bits per heavy atom. The summed E-state index contributed by atoms with van der Waals surface area (Å²) in [5.74, 6) is 0. The molecular formula is C13H24N2S. The van der Waals surface area contributed by atoms with Crippen molar-refractivity contribution in [3.8, 4) is 0 Å². The van der Waals surface area contributed by atoms with Gasteiger partial charge in [0.15, 0.2) is 0 Å². The number of nitrogens with zero attached hydrogens (tertiary/aromatic N) is 1. The zero-order valence-corrected chi connectivity index (χ0v) is 11.9. The molecule has 1 aromatic rings. The van der Waals surface area contributed by atoms with Crippen molar-refractivity contribution in [3.05, 3.63) is 21.9 Å². The quantitative estimate of drug-likeness (QED) is 0.857. The maximum absolute atomic E-state index is 5.78. The van der Waals surface area contributed by atoms with Gasteiger partial charge in [-0.1, -0.05) is 13.8 Å². The average Bonchev–Trinajstić information content (AvgIpc) is 2.62. The molecule has 0 aliphatic rings. The number of thiophene rings is 1. The fourth-order valence-electron chi connectivity index (χ4n) is 1.89. The Hall–Kier alpha value is -0.380. The normalized spacial score (nSPS) is 14.4. The fourth-order valence-corrected chi connectivity index (χ4v) is 2.94. The Bertz CT molecular complexity index is 330. The van der Waals surface area contributed by atoms with Gasteiger partial charge in [-0.2, -0.15) is 0 Å². The van der Waals surface area contributed by atoms with Crippen LogP contribution in [-0.4, -0.2) is 25.0 Å². The van der Waals surface area contributed by atoms with Gasteiger partial charge in [-0.15, -0.1) is 11.3 Å². The molecule has 0 fully saturated rings. The Morgan fingerprint density at radius 2 is 2.12 bits per heavy atom. The van der Waals surface area contributed by atoms with Crippen LogP contribution in [-0.2, 0) is 0 Å². The topological polar surface area (TPSA) is 29.3 Å². The molecule has 2 nitrogen and oxygen atoms in total. The summed E-state index contributed by atoms with van der Waals surface area (Å²) in [7, 11) is 2.18. The molecule has 0 aliphatic heterocycles. The van der Waals surface area contributed by atoms with Crippen LogP contribution in [0.3, 0.4) is 0 Å². The van der Waals surface area contributed by atoms with E-state index in [-0.39, 0.29) is 5.41 Å². The van der Waals surface area contributed by atoms with Crippen LogP contribution in [0.25, 0.3) is 0 Å². The second-order valence-electron chi connectivity index (χ2n) is 5.43. The molecule has 0 aliphatic carbocycles. The highest BCUT2D eigenvalue weighted by molar-refractivity contribution is 7.10. The summed E-state index contributed by atoms with van der Waals surface area (Å²) in [6, 6.07) is 2.67. The molecule has 3 heteroatoms. The van der Waals surface area contributed by atoms with Crippen LogP contribution >= 0.6 is 11.3 Å². The Balaban J connectivity index is 2.68. The predicted octanol–water partition coefficient (Wildman–Crippen LogP) is 3.03. The van der Waals surface area contributed by atoms with E-state index < -0.39 is 0 Å². The summed E-state index contributed by atoms with van der Waals surface area (Å²) < 4.78 is 0. The van der Waals surface area contributed by atoms with Crippen molar-refractivity contribution in [3.63, 3.8) is 0 Å². The van der Waals surface area contributed by atoms with Gasteiger partial charge >= 0.3 is 0 Å². The first-order valence-electron chi connectivity index (χ1n) is 5.81. The summed E-state index contributed by atoms with van der Waals surface area (Å²) in [6.45, 7) is 10.7. The van der Waals surface area contributed by atoms with Gasteiger partial charge in [0.2, 0.25) is 0 Å². The molecule has 1 heterocycles. The number of nitrogens with two attached hydrogens (primary N) is 1. The van der Waals surface area contributed by atoms with Gasteiger partial charge < -0.3 is 5.73 Å². The lowest BCUT2D eigenvalue weighted by atomic mass is 9.92. The smallest absolute Gasteiger partial charge is 0.0413 e. The Labute approximate surface area is 103 Å². The molecule has 0 aromatic carbocycles. The Morgan fingerprint density at radius 1 is 1.50 bits per heavy atom. The first kappa shape index (κ1) is 13.7. The fraction of sp³-hybridized carbons (Fsp3) is 0.692. The summed E-state index contributed by atoms with van der Waals surface area (Å²) in [4.78, 5) is 3.86. The third kappa shape index (κ3) is 3.30. The van der Waals surface area contributed by atoms with E-state index in [1.54, 1.807) is 0 Å². The highest BCUT2D eigenvalue weighted by Gasteiger charge is 2.22. The number of hydrogen-bond donors (Lipinski definition) is 1. The van der Waals surface area contributed by atoms with Gasteiger partial charge in [-0.05, 0) is 49.9 Å². The minimum Gasteiger partial charge on any atom is -0.330 e. The lowest BCUT2D eigenvalue weighted by molar-refractivity contribution is 0.175. The van der Waals surface area contributed by atoms with Gasteiger partial charge in [0.05, 0.1) is 0 Å². The third-order valence-electron chi connectivity index (χ3n) is 3.17. The van der Waals surface area contributed by atoms with Crippen molar-refractivity contribution in [1.29, 1.82) is 0 Å². The molecule has 0 amide bonds. The highest BCUT2D eigenvalue weighted by Crippen LogP contribution is 2.29. The molecule has 1 unspecified atom stereocenters. The molecule has 2 N–H and O–H groups in total. The second-order valence-corrected chi connectivity index (χ2v) is 6.37. The largest absolute Gasteiger partial charge is 0.330 e. The summed E-state index contributed by atoms with van der Waals surface area (Å²) in [5, 5.41) is 2.17. The van der Waals surface area contributed by atoms with E-state index in [1.165, 1.54) is 10.4 Å². The molecule has 92 valence electrons. The molecule has 1 aromatic heterocycles. The molecular weight excluding hydrogens is 216 g/mol. The van der Waals surface area contributed by atoms with Gasteiger partial charge in [0, 0.05) is 17.5 Å².